The van der Waals surface area contributed by atoms with Crippen LogP contribution in [0, 0.1) is 5.92 Å². The van der Waals surface area contributed by atoms with Crippen LogP contribution in [-0.2, 0) is 15.3 Å². The highest BCUT2D eigenvalue weighted by atomic mass is 31.2. The molecule has 0 saturated heterocycles. The van der Waals surface area contributed by atoms with Gasteiger partial charge in [0.1, 0.15) is 5.28 Å². The lowest BCUT2D eigenvalue weighted by atomic mass is 10.3. The van der Waals surface area contributed by atoms with Crippen molar-refractivity contribution >= 4 is 13.5 Å². The lowest BCUT2D eigenvalue weighted by Crippen LogP contribution is -2.38. The van der Waals surface area contributed by atoms with Gasteiger partial charge in [-0.2, -0.15) is 0 Å². The third kappa shape index (κ3) is 3.01. The standard InChI is InChI=1S/C14H19N2O4P/c1-3-12-8-14(12,16-13(17)18)21(19,20-4-2)10-11-6-5-7-15-9-11/h3,5-7,9,12,16H,1,4,8,10H2,2H3,(H,17,18)/t12-,14+,21+/m1/s1. The average molecular weight is 310 g/mol. The average Bonchev–Trinajstić information content (AvgIpc) is 3.14. The summed E-state index contributed by atoms with van der Waals surface area (Å²) in [6.07, 6.45) is 4.27. The van der Waals surface area contributed by atoms with E-state index < -0.39 is 18.7 Å². The van der Waals surface area contributed by atoms with Crippen molar-refractivity contribution in [3.05, 3.63) is 42.7 Å². The second-order valence-electron chi connectivity index (χ2n) is 5.01. The number of amides is 1. The van der Waals surface area contributed by atoms with Crippen LogP contribution in [-0.4, -0.2) is 28.1 Å². The number of rotatable bonds is 7. The van der Waals surface area contributed by atoms with Crippen molar-refractivity contribution in [3.63, 3.8) is 0 Å². The first kappa shape index (κ1) is 15.7. The summed E-state index contributed by atoms with van der Waals surface area (Å²) in [4.78, 5) is 15.1. The van der Waals surface area contributed by atoms with Crippen molar-refractivity contribution in [2.75, 3.05) is 6.61 Å². The number of nitrogens with zero attached hydrogens (tertiary/aromatic N) is 1. The molecule has 1 aromatic heterocycles. The number of aromatic nitrogens is 1. The molecule has 21 heavy (non-hydrogen) atoms. The van der Waals surface area contributed by atoms with E-state index in [2.05, 4.69) is 16.9 Å². The SMILES string of the molecule is C=C[C@@H]1C[C@]1(NC(=O)O)[P@](=O)(Cc1cccnc1)OCC. The van der Waals surface area contributed by atoms with Crippen LogP contribution in [0.15, 0.2) is 37.2 Å². The van der Waals surface area contributed by atoms with Gasteiger partial charge < -0.3 is 14.9 Å². The third-order valence-corrected chi connectivity index (χ3v) is 6.95. The second kappa shape index (κ2) is 6.00. The topological polar surface area (TPSA) is 88.5 Å². The van der Waals surface area contributed by atoms with E-state index in [1.165, 1.54) is 0 Å². The number of carbonyl (C=O) groups is 1. The summed E-state index contributed by atoms with van der Waals surface area (Å²) in [6.45, 7) is 5.68. The third-order valence-electron chi connectivity index (χ3n) is 3.65. The van der Waals surface area contributed by atoms with Crippen LogP contribution in [0.1, 0.15) is 18.9 Å². The quantitative estimate of drug-likeness (QED) is 0.597. The van der Waals surface area contributed by atoms with Crippen LogP contribution < -0.4 is 5.32 Å². The van der Waals surface area contributed by atoms with Gasteiger partial charge in [-0.3, -0.25) is 9.55 Å². The van der Waals surface area contributed by atoms with E-state index in [4.69, 9.17) is 9.63 Å². The van der Waals surface area contributed by atoms with Gasteiger partial charge in [0, 0.05) is 18.3 Å². The molecule has 6 nitrogen and oxygen atoms in total. The van der Waals surface area contributed by atoms with Gasteiger partial charge >= 0.3 is 6.09 Å². The van der Waals surface area contributed by atoms with Gasteiger partial charge in [-0.15, -0.1) is 6.58 Å². The Labute approximate surface area is 123 Å². The summed E-state index contributed by atoms with van der Waals surface area (Å²) in [5.74, 6) is -0.178. The molecule has 0 radical (unpaired) electrons. The zero-order valence-corrected chi connectivity index (χ0v) is 12.8. The fourth-order valence-electron chi connectivity index (χ4n) is 2.60. The molecular weight excluding hydrogens is 291 g/mol. The van der Waals surface area contributed by atoms with E-state index in [1.54, 1.807) is 37.5 Å². The maximum Gasteiger partial charge on any atom is 0.405 e. The van der Waals surface area contributed by atoms with Gasteiger partial charge in [0.25, 0.3) is 0 Å². The molecule has 0 spiro atoms. The summed E-state index contributed by atoms with van der Waals surface area (Å²) in [5.41, 5.74) is 0.760. The molecule has 1 amide bonds. The highest BCUT2D eigenvalue weighted by Crippen LogP contribution is 2.73. The molecule has 0 aliphatic heterocycles. The summed E-state index contributed by atoms with van der Waals surface area (Å²) in [6, 6.07) is 3.55. The predicted octanol–water partition coefficient (Wildman–Crippen LogP) is 3.07. The van der Waals surface area contributed by atoms with E-state index in [0.717, 1.165) is 5.56 Å². The summed E-state index contributed by atoms with van der Waals surface area (Å²) in [7, 11) is -3.26. The van der Waals surface area contributed by atoms with Crippen LogP contribution in [0.4, 0.5) is 4.79 Å². The monoisotopic (exact) mass is 310 g/mol. The molecule has 114 valence electrons. The van der Waals surface area contributed by atoms with Crippen molar-refractivity contribution in [2.45, 2.75) is 24.8 Å². The number of carboxylic acid groups (broad SMARTS) is 1. The summed E-state index contributed by atoms with van der Waals surface area (Å²) < 4.78 is 18.9. The highest BCUT2D eigenvalue weighted by molar-refractivity contribution is 7.60. The largest absolute Gasteiger partial charge is 0.465 e. The minimum atomic E-state index is -3.26. The Balaban J connectivity index is 2.33. The Morgan fingerprint density at radius 1 is 1.76 bits per heavy atom. The minimum absolute atomic E-state index is 0.152. The van der Waals surface area contributed by atoms with Crippen molar-refractivity contribution in [3.8, 4) is 0 Å². The Kier molecular flexibility index (Phi) is 4.49. The zero-order chi connectivity index (χ0) is 15.5. The van der Waals surface area contributed by atoms with Gasteiger partial charge in [-0.1, -0.05) is 12.1 Å². The van der Waals surface area contributed by atoms with Crippen LogP contribution in [0.5, 0.6) is 0 Å². The fraction of sp³-hybridized carbons (Fsp3) is 0.429. The van der Waals surface area contributed by atoms with Crippen LogP contribution in [0.25, 0.3) is 0 Å². The second-order valence-corrected chi connectivity index (χ2v) is 7.73. The van der Waals surface area contributed by atoms with Gasteiger partial charge in [0.15, 0.2) is 0 Å². The first-order valence-electron chi connectivity index (χ1n) is 6.73. The lowest BCUT2D eigenvalue weighted by molar-refractivity contribution is 0.190. The van der Waals surface area contributed by atoms with E-state index in [1.807, 2.05) is 0 Å². The molecule has 0 unspecified atom stereocenters. The summed E-state index contributed by atoms with van der Waals surface area (Å²) >= 11 is 0. The molecular formula is C14H19N2O4P. The smallest absolute Gasteiger partial charge is 0.405 e. The number of hydrogen-bond acceptors (Lipinski definition) is 4. The fourth-order valence-corrected chi connectivity index (χ4v) is 5.64. The van der Waals surface area contributed by atoms with E-state index in [9.17, 15) is 9.36 Å². The van der Waals surface area contributed by atoms with Crippen molar-refractivity contribution < 1.29 is 19.0 Å². The van der Waals surface area contributed by atoms with E-state index >= 15 is 0 Å². The summed E-state index contributed by atoms with van der Waals surface area (Å²) in [5, 5.41) is 10.4. The molecule has 1 saturated carbocycles. The Hall–Kier alpha value is -1.65. The molecule has 0 aromatic carbocycles. The van der Waals surface area contributed by atoms with Crippen molar-refractivity contribution in [2.24, 2.45) is 5.92 Å². The molecule has 7 heteroatoms. The maximum atomic E-state index is 13.3. The molecule has 3 atom stereocenters. The Bertz CT molecular complexity index is 578. The lowest BCUT2D eigenvalue weighted by Gasteiger charge is -2.28. The van der Waals surface area contributed by atoms with Crippen molar-refractivity contribution in [1.82, 2.24) is 10.3 Å². The molecule has 1 heterocycles. The predicted molar refractivity (Wildman–Crippen MR) is 79.4 cm³/mol. The molecule has 2 N–H and O–H groups in total. The Morgan fingerprint density at radius 2 is 2.52 bits per heavy atom. The zero-order valence-electron chi connectivity index (χ0n) is 11.9. The van der Waals surface area contributed by atoms with Gasteiger partial charge in [0.05, 0.1) is 12.8 Å². The van der Waals surface area contributed by atoms with Crippen LogP contribution >= 0.6 is 7.37 Å². The van der Waals surface area contributed by atoms with Crippen LogP contribution in [0.2, 0.25) is 0 Å². The van der Waals surface area contributed by atoms with E-state index in [-0.39, 0.29) is 18.7 Å². The number of nitrogens with one attached hydrogen (secondary N) is 1. The molecule has 1 aliphatic carbocycles. The molecule has 0 bridgehead atoms. The number of hydrogen-bond donors (Lipinski definition) is 2. The van der Waals surface area contributed by atoms with Gasteiger partial charge in [0.2, 0.25) is 7.37 Å². The molecule has 1 aromatic rings. The molecule has 1 fully saturated rings. The maximum absolute atomic E-state index is 13.3. The van der Waals surface area contributed by atoms with E-state index in [0.29, 0.717) is 6.42 Å². The Morgan fingerprint density at radius 3 is 3.00 bits per heavy atom. The van der Waals surface area contributed by atoms with Crippen molar-refractivity contribution in [1.29, 1.82) is 0 Å². The minimum Gasteiger partial charge on any atom is -0.465 e. The normalized spacial score (nSPS) is 26.6. The number of pyridine rings is 1. The first-order chi connectivity index (χ1) is 9.97. The van der Waals surface area contributed by atoms with Gasteiger partial charge in [-0.05, 0) is 25.0 Å². The molecule has 1 aliphatic rings. The van der Waals surface area contributed by atoms with Crippen LogP contribution in [0.3, 0.4) is 0 Å². The highest BCUT2D eigenvalue weighted by Gasteiger charge is 2.66. The van der Waals surface area contributed by atoms with Gasteiger partial charge in [-0.25, -0.2) is 4.79 Å². The first-order valence-corrected chi connectivity index (χ1v) is 8.54. The molecule has 2 rings (SSSR count).